The summed E-state index contributed by atoms with van der Waals surface area (Å²) in [6.07, 6.45) is 5.80. The Morgan fingerprint density at radius 1 is 1.24 bits per heavy atom. The number of aromatic nitrogens is 3. The number of nitro benzene ring substituents is 1. The minimum Gasteiger partial charge on any atom is -0.453 e. The first kappa shape index (κ1) is 24.5. The molecule has 5 rings (SSSR count). The summed E-state index contributed by atoms with van der Waals surface area (Å²) < 4.78 is 13.4. The van der Waals surface area contributed by atoms with Crippen LogP contribution in [0.3, 0.4) is 0 Å². The molecule has 12 nitrogen and oxygen atoms in total. The quantitative estimate of drug-likeness (QED) is 0.380. The van der Waals surface area contributed by atoms with Crippen molar-refractivity contribution < 1.29 is 19.2 Å². The molecule has 2 atom stereocenters. The van der Waals surface area contributed by atoms with Crippen molar-refractivity contribution in [2.75, 3.05) is 25.6 Å². The van der Waals surface area contributed by atoms with Crippen LogP contribution < -0.4 is 16.3 Å². The maximum atomic E-state index is 13.1. The number of hydrogen-bond acceptors (Lipinski definition) is 8. The average molecular weight is 509 g/mol. The molecule has 2 N–H and O–H groups in total. The summed E-state index contributed by atoms with van der Waals surface area (Å²) >= 11 is 0. The van der Waals surface area contributed by atoms with E-state index in [-0.39, 0.29) is 23.5 Å². The van der Waals surface area contributed by atoms with Crippen molar-refractivity contribution in [3.8, 4) is 0 Å². The number of alkyl carbamates (subject to hydrolysis) is 1. The van der Waals surface area contributed by atoms with Crippen LogP contribution in [0.4, 0.5) is 22.0 Å². The van der Waals surface area contributed by atoms with Crippen LogP contribution in [0, 0.1) is 10.1 Å². The third kappa shape index (κ3) is 4.92. The van der Waals surface area contributed by atoms with Gasteiger partial charge in [0.2, 0.25) is 0 Å². The lowest BCUT2D eigenvalue weighted by molar-refractivity contribution is -0.384. The molecule has 1 aromatic carbocycles. The van der Waals surface area contributed by atoms with Gasteiger partial charge in [-0.3, -0.25) is 19.2 Å². The molecule has 0 bridgehead atoms. The van der Waals surface area contributed by atoms with Crippen LogP contribution in [0.2, 0.25) is 0 Å². The summed E-state index contributed by atoms with van der Waals surface area (Å²) in [5.41, 5.74) is 3.46. The molecule has 2 aromatic heterocycles. The number of anilines is 2. The minimum absolute atomic E-state index is 0.0276. The Kier molecular flexibility index (Phi) is 6.66. The Bertz CT molecular complexity index is 1460. The molecule has 0 saturated heterocycles. The highest BCUT2D eigenvalue weighted by Gasteiger charge is 2.30. The number of carbonyl (C=O) groups excluding carboxylic acids is 1. The van der Waals surface area contributed by atoms with Crippen molar-refractivity contribution in [1.82, 2.24) is 19.4 Å². The number of imidazole rings is 1. The van der Waals surface area contributed by atoms with Crippen LogP contribution in [0.15, 0.2) is 41.3 Å². The lowest BCUT2D eigenvalue weighted by Gasteiger charge is -2.16. The molecule has 2 aliphatic rings. The topological polar surface area (TPSA) is 143 Å². The molecule has 1 aliphatic heterocycles. The van der Waals surface area contributed by atoms with E-state index in [4.69, 9.17) is 9.47 Å². The zero-order chi connectivity index (χ0) is 26.1. The number of nitrogens with one attached hydrogen (secondary N) is 2. The zero-order valence-corrected chi connectivity index (χ0v) is 20.6. The Hall–Kier alpha value is -4.19. The van der Waals surface area contributed by atoms with Gasteiger partial charge in [-0.05, 0) is 42.9 Å². The van der Waals surface area contributed by atoms with Crippen molar-refractivity contribution >= 4 is 39.9 Å². The molecule has 1 saturated carbocycles. The van der Waals surface area contributed by atoms with Gasteiger partial charge in [-0.1, -0.05) is 6.08 Å². The molecule has 3 aromatic rings. The van der Waals surface area contributed by atoms with E-state index in [0.29, 0.717) is 48.6 Å². The van der Waals surface area contributed by atoms with Gasteiger partial charge in [-0.2, -0.15) is 0 Å². The molecule has 1 amide bonds. The number of aryl methyl sites for hydroxylation is 1. The van der Waals surface area contributed by atoms with E-state index in [0.717, 1.165) is 24.0 Å². The van der Waals surface area contributed by atoms with Gasteiger partial charge in [-0.15, -0.1) is 0 Å². The standard InChI is InChI=1S/C25H28N6O6/c1-29-22-14-26-23(13-21(22)30(25(29)33)19-4-3-17(11-19)28-24(32)36-2)27-18-9-16(10-20(12-18)31(34)35)15-5-7-37-8-6-15/h5,9-10,12-14,17,19H,3-4,6-8,11H2,1-2H3,(H,26,27)(H,28,32)/t17-,19-/m1/s1. The van der Waals surface area contributed by atoms with Gasteiger partial charge in [0.1, 0.15) is 5.82 Å². The van der Waals surface area contributed by atoms with E-state index >= 15 is 0 Å². The fourth-order valence-corrected chi connectivity index (χ4v) is 5.14. The van der Waals surface area contributed by atoms with Gasteiger partial charge in [0.05, 0.1) is 42.5 Å². The van der Waals surface area contributed by atoms with Crippen molar-refractivity contribution in [2.24, 2.45) is 7.05 Å². The Balaban J connectivity index is 1.47. The largest absolute Gasteiger partial charge is 0.453 e. The number of fused-ring (bicyclic) bond motifs is 1. The number of pyridine rings is 1. The van der Waals surface area contributed by atoms with Gasteiger partial charge in [-0.25, -0.2) is 14.6 Å². The van der Waals surface area contributed by atoms with Gasteiger partial charge < -0.3 is 20.1 Å². The molecule has 37 heavy (non-hydrogen) atoms. The normalized spacial score (nSPS) is 19.5. The van der Waals surface area contributed by atoms with Gasteiger partial charge in [0.25, 0.3) is 5.69 Å². The summed E-state index contributed by atoms with van der Waals surface area (Å²) in [6, 6.07) is 6.48. The lowest BCUT2D eigenvalue weighted by atomic mass is 10.0. The van der Waals surface area contributed by atoms with E-state index < -0.39 is 11.0 Å². The summed E-state index contributed by atoms with van der Waals surface area (Å²) in [5, 5.41) is 17.6. The molecule has 1 fully saturated rings. The monoisotopic (exact) mass is 508 g/mol. The second kappa shape index (κ2) is 10.1. The molecule has 0 spiro atoms. The highest BCUT2D eigenvalue weighted by atomic mass is 16.6. The number of hydrogen-bond donors (Lipinski definition) is 2. The molecule has 12 heteroatoms. The highest BCUT2D eigenvalue weighted by Crippen LogP contribution is 2.33. The number of ether oxygens (including phenoxy) is 2. The van der Waals surface area contributed by atoms with Crippen molar-refractivity contribution in [3.63, 3.8) is 0 Å². The molecular weight excluding hydrogens is 480 g/mol. The number of amides is 1. The summed E-state index contributed by atoms with van der Waals surface area (Å²) in [7, 11) is 3.02. The SMILES string of the molecule is COC(=O)N[C@@H]1CC[C@@H](n2c(=O)n(C)c3cnc(Nc4cc(C5=CCOCC5)cc([N+](=O)[O-])c4)cc32)C1. The van der Waals surface area contributed by atoms with Crippen LogP contribution in [-0.4, -0.2) is 51.5 Å². The van der Waals surface area contributed by atoms with Gasteiger partial charge in [0.15, 0.2) is 0 Å². The van der Waals surface area contributed by atoms with E-state index in [1.807, 2.05) is 12.1 Å². The molecular formula is C25H28N6O6. The zero-order valence-electron chi connectivity index (χ0n) is 20.6. The smallest absolute Gasteiger partial charge is 0.407 e. The maximum absolute atomic E-state index is 13.1. The summed E-state index contributed by atoms with van der Waals surface area (Å²) in [4.78, 5) is 40.4. The van der Waals surface area contributed by atoms with E-state index in [2.05, 4.69) is 15.6 Å². The van der Waals surface area contributed by atoms with Crippen LogP contribution in [-0.2, 0) is 16.5 Å². The van der Waals surface area contributed by atoms with Crippen LogP contribution in [0.25, 0.3) is 16.6 Å². The minimum atomic E-state index is -0.487. The lowest BCUT2D eigenvalue weighted by Crippen LogP contribution is -2.33. The Morgan fingerprint density at radius 3 is 2.81 bits per heavy atom. The molecule has 1 aliphatic carbocycles. The van der Waals surface area contributed by atoms with Crippen LogP contribution in [0.1, 0.15) is 37.3 Å². The van der Waals surface area contributed by atoms with Crippen LogP contribution >= 0.6 is 0 Å². The predicted molar refractivity (Wildman–Crippen MR) is 137 cm³/mol. The summed E-state index contributed by atoms with van der Waals surface area (Å²) in [5.74, 6) is 0.460. The number of benzene rings is 1. The molecule has 0 unspecified atom stereocenters. The van der Waals surface area contributed by atoms with Crippen LogP contribution in [0.5, 0.6) is 0 Å². The highest BCUT2D eigenvalue weighted by molar-refractivity contribution is 5.80. The van der Waals surface area contributed by atoms with Gasteiger partial charge >= 0.3 is 11.8 Å². The fourth-order valence-electron chi connectivity index (χ4n) is 5.14. The second-order valence-electron chi connectivity index (χ2n) is 9.27. The van der Waals surface area contributed by atoms with Gasteiger partial charge in [0, 0.05) is 43.0 Å². The first-order valence-electron chi connectivity index (χ1n) is 12.1. The third-order valence-electron chi connectivity index (χ3n) is 6.99. The fraction of sp³-hybridized carbons (Fsp3) is 0.400. The molecule has 194 valence electrons. The van der Waals surface area contributed by atoms with E-state index in [1.54, 1.807) is 34.5 Å². The third-order valence-corrected chi connectivity index (χ3v) is 6.99. The average Bonchev–Trinajstić information content (AvgIpc) is 3.45. The summed E-state index contributed by atoms with van der Waals surface area (Å²) in [6.45, 7) is 1.04. The number of nitro groups is 1. The predicted octanol–water partition coefficient (Wildman–Crippen LogP) is 3.64. The second-order valence-corrected chi connectivity index (χ2v) is 9.27. The first-order chi connectivity index (χ1) is 17.8. The number of rotatable bonds is 6. The first-order valence-corrected chi connectivity index (χ1v) is 12.1. The number of carbonyl (C=O) groups is 1. The Labute approximate surface area is 212 Å². The number of nitrogens with zero attached hydrogens (tertiary/aromatic N) is 4. The number of methoxy groups -OCH3 is 1. The van der Waals surface area contributed by atoms with Crippen molar-refractivity contribution in [2.45, 2.75) is 37.8 Å². The molecule has 3 heterocycles. The van der Waals surface area contributed by atoms with E-state index in [9.17, 15) is 19.7 Å². The van der Waals surface area contributed by atoms with Crippen molar-refractivity contribution in [1.29, 1.82) is 0 Å². The Morgan fingerprint density at radius 2 is 2.08 bits per heavy atom. The number of non-ortho nitro benzene ring substituents is 1. The molecule has 0 radical (unpaired) electrons. The van der Waals surface area contributed by atoms with E-state index in [1.165, 1.54) is 13.2 Å². The maximum Gasteiger partial charge on any atom is 0.407 e. The van der Waals surface area contributed by atoms with Crippen molar-refractivity contribution in [3.05, 3.63) is 62.7 Å².